The third-order valence-electron chi connectivity index (χ3n) is 4.78. The lowest BCUT2D eigenvalue weighted by Crippen LogP contribution is -2.40. The molecule has 0 aliphatic carbocycles. The minimum absolute atomic E-state index is 0.167. The molecule has 119 valence electrons. The predicted molar refractivity (Wildman–Crippen MR) is 101 cm³/mol. The van der Waals surface area contributed by atoms with E-state index in [1.54, 1.807) is 0 Å². The number of hydrogen-bond acceptors (Lipinski definition) is 3. The summed E-state index contributed by atoms with van der Waals surface area (Å²) < 4.78 is 0. The topological polar surface area (TPSA) is 20.2 Å². The lowest BCUT2D eigenvalue weighted by molar-refractivity contribution is -0.0236. The van der Waals surface area contributed by atoms with Gasteiger partial charge in [-0.05, 0) is 37.5 Å². The fourth-order valence-corrected chi connectivity index (χ4v) is 4.73. The van der Waals surface area contributed by atoms with E-state index in [0.29, 0.717) is 0 Å². The molecule has 1 radical (unpaired) electrons. The molecule has 0 bridgehead atoms. The highest BCUT2D eigenvalue weighted by atomic mass is 32.2. The lowest BCUT2D eigenvalue weighted by Gasteiger charge is -2.37. The van der Waals surface area contributed by atoms with Gasteiger partial charge >= 0.3 is 0 Å². The number of rotatable bonds is 4. The molecule has 0 amide bonds. The number of hydrogen-bond donors (Lipinski definition) is 1. The van der Waals surface area contributed by atoms with Gasteiger partial charge in [0.1, 0.15) is 0 Å². The molecule has 3 rings (SSSR count). The van der Waals surface area contributed by atoms with Gasteiger partial charge in [-0.25, -0.2) is 0 Å². The van der Waals surface area contributed by atoms with Gasteiger partial charge in [-0.3, -0.25) is 0 Å². The fraction of sp³-hybridized carbons (Fsp3) is 0.368. The van der Waals surface area contributed by atoms with Crippen LogP contribution in [0.4, 0.5) is 0 Å². The van der Waals surface area contributed by atoms with Crippen LogP contribution in [0.1, 0.15) is 27.7 Å². The zero-order valence-electron chi connectivity index (χ0n) is 14.1. The lowest BCUT2D eigenvalue weighted by atomic mass is 9.56. The van der Waals surface area contributed by atoms with E-state index in [1.165, 1.54) is 25.0 Å². The Morgan fingerprint density at radius 3 is 2.13 bits per heavy atom. The average molecular weight is 341 g/mol. The van der Waals surface area contributed by atoms with Gasteiger partial charge < -0.3 is 5.11 Å². The Balaban J connectivity index is 1.84. The molecule has 0 spiro atoms. The van der Waals surface area contributed by atoms with Crippen molar-refractivity contribution in [3.05, 3.63) is 42.5 Å². The van der Waals surface area contributed by atoms with Gasteiger partial charge in [0.2, 0.25) is 0 Å². The molecule has 1 N–H and O–H groups in total. The Morgan fingerprint density at radius 1 is 0.870 bits per heavy atom. The Bertz CT molecular complexity index is 720. The smallest absolute Gasteiger partial charge is 0.153 e. The molecule has 0 atom stereocenters. The van der Waals surface area contributed by atoms with Crippen molar-refractivity contribution in [1.82, 2.24) is 0 Å². The second kappa shape index (κ2) is 6.23. The summed E-state index contributed by atoms with van der Waals surface area (Å²) in [6, 6.07) is 15.1. The number of aliphatic hydroxyl groups is 1. The zero-order chi connectivity index (χ0) is 16.7. The molecular formula is C19H22BOS2. The molecule has 0 saturated heterocycles. The summed E-state index contributed by atoms with van der Waals surface area (Å²) in [4.78, 5) is 5.32. The molecule has 2 aromatic carbocycles. The minimum Gasteiger partial charge on any atom is -0.390 e. The number of benzene rings is 2. The maximum absolute atomic E-state index is 10.4. The van der Waals surface area contributed by atoms with Crippen molar-refractivity contribution in [3.8, 4) is 0 Å². The van der Waals surface area contributed by atoms with Crippen molar-refractivity contribution in [2.45, 2.75) is 59.2 Å². The minimum atomic E-state index is -0.702. The molecule has 23 heavy (non-hydrogen) atoms. The van der Waals surface area contributed by atoms with Crippen LogP contribution in [0.15, 0.2) is 62.0 Å². The van der Waals surface area contributed by atoms with Crippen molar-refractivity contribution in [3.63, 3.8) is 0 Å². The van der Waals surface area contributed by atoms with Gasteiger partial charge in [0.15, 0.2) is 7.28 Å². The van der Waals surface area contributed by atoms with E-state index in [1.807, 2.05) is 37.4 Å². The van der Waals surface area contributed by atoms with Crippen molar-refractivity contribution >= 4 is 36.3 Å². The van der Waals surface area contributed by atoms with Crippen LogP contribution < -0.4 is 5.46 Å². The highest BCUT2D eigenvalue weighted by Gasteiger charge is 2.34. The third-order valence-corrected chi connectivity index (χ3v) is 7.41. The summed E-state index contributed by atoms with van der Waals surface area (Å²) in [5.41, 5.74) is 0.402. The van der Waals surface area contributed by atoms with E-state index < -0.39 is 5.60 Å². The summed E-state index contributed by atoms with van der Waals surface area (Å²) >= 11 is 3.70. The summed E-state index contributed by atoms with van der Waals surface area (Å²) in [6.07, 6.45) is 0.847. The fourth-order valence-electron chi connectivity index (χ4n) is 2.35. The van der Waals surface area contributed by atoms with Crippen LogP contribution >= 0.6 is 23.5 Å². The van der Waals surface area contributed by atoms with E-state index >= 15 is 0 Å². The van der Waals surface area contributed by atoms with E-state index in [4.69, 9.17) is 0 Å². The molecule has 1 aliphatic rings. The highest BCUT2D eigenvalue weighted by molar-refractivity contribution is 8.05. The SMILES string of the molecule is CC(C)(O)C(C)(C)C[B]c1cccc2c1Sc1ccccc1S2. The maximum Gasteiger partial charge on any atom is 0.153 e. The van der Waals surface area contributed by atoms with Gasteiger partial charge in [0.25, 0.3) is 0 Å². The second-order valence-electron chi connectivity index (χ2n) is 7.18. The zero-order valence-corrected chi connectivity index (χ0v) is 15.7. The largest absolute Gasteiger partial charge is 0.390 e. The van der Waals surface area contributed by atoms with Crippen LogP contribution in [0.25, 0.3) is 0 Å². The van der Waals surface area contributed by atoms with Crippen molar-refractivity contribution < 1.29 is 5.11 Å². The van der Waals surface area contributed by atoms with Crippen molar-refractivity contribution in [1.29, 1.82) is 0 Å². The van der Waals surface area contributed by atoms with Gasteiger partial charge in [-0.2, -0.15) is 0 Å². The van der Waals surface area contributed by atoms with Crippen LogP contribution in [0.5, 0.6) is 0 Å². The second-order valence-corrected chi connectivity index (χ2v) is 9.31. The first-order valence-corrected chi connectivity index (χ1v) is 9.54. The van der Waals surface area contributed by atoms with E-state index in [2.05, 4.69) is 63.6 Å². The Hall–Kier alpha value is -0.835. The van der Waals surface area contributed by atoms with Gasteiger partial charge in [-0.1, -0.05) is 73.4 Å². The van der Waals surface area contributed by atoms with Crippen LogP contribution in [0.2, 0.25) is 6.32 Å². The Labute approximate surface area is 148 Å². The summed E-state index contributed by atoms with van der Waals surface area (Å²) in [5, 5.41) is 10.4. The highest BCUT2D eigenvalue weighted by Crippen LogP contribution is 2.47. The van der Waals surface area contributed by atoms with Crippen LogP contribution in [-0.2, 0) is 0 Å². The predicted octanol–water partition coefficient (Wildman–Crippen LogP) is 4.85. The third kappa shape index (κ3) is 3.49. The van der Waals surface area contributed by atoms with Gasteiger partial charge in [0.05, 0.1) is 5.60 Å². The Morgan fingerprint density at radius 2 is 1.48 bits per heavy atom. The molecule has 0 unspecified atom stereocenters. The van der Waals surface area contributed by atoms with E-state index in [-0.39, 0.29) is 5.41 Å². The van der Waals surface area contributed by atoms with Gasteiger partial charge in [-0.15, -0.1) is 0 Å². The van der Waals surface area contributed by atoms with Gasteiger partial charge in [0, 0.05) is 19.6 Å². The summed E-state index contributed by atoms with van der Waals surface area (Å²) in [5.74, 6) is 0. The van der Waals surface area contributed by atoms with E-state index in [0.717, 1.165) is 6.32 Å². The molecule has 0 saturated carbocycles. The molecule has 0 aromatic heterocycles. The number of fused-ring (bicyclic) bond motifs is 2. The monoisotopic (exact) mass is 341 g/mol. The maximum atomic E-state index is 10.4. The Kier molecular flexibility index (Phi) is 4.61. The summed E-state index contributed by atoms with van der Waals surface area (Å²) in [6.45, 7) is 8.02. The normalized spacial score (nSPS) is 14.1. The standard InChI is InChI=1S/C19H22BOS2/c1-18(2,19(3,4)21)12-20-13-8-7-11-16-17(13)23-15-10-6-5-9-14(15)22-16/h5-11,21H,12H2,1-4H3. The summed E-state index contributed by atoms with van der Waals surface area (Å²) in [7, 11) is 2.28. The average Bonchev–Trinajstić information content (AvgIpc) is 2.50. The molecule has 1 nitrogen and oxygen atoms in total. The van der Waals surface area contributed by atoms with E-state index in [9.17, 15) is 5.11 Å². The molecule has 2 aromatic rings. The molecule has 1 heterocycles. The first-order valence-electron chi connectivity index (χ1n) is 7.91. The van der Waals surface area contributed by atoms with Crippen molar-refractivity contribution in [2.24, 2.45) is 5.41 Å². The molecule has 1 aliphatic heterocycles. The molecular weight excluding hydrogens is 319 g/mol. The van der Waals surface area contributed by atoms with Crippen LogP contribution in [0.3, 0.4) is 0 Å². The van der Waals surface area contributed by atoms with Crippen LogP contribution in [0, 0.1) is 5.41 Å². The molecule has 4 heteroatoms. The van der Waals surface area contributed by atoms with Crippen LogP contribution in [-0.4, -0.2) is 18.0 Å². The first kappa shape index (κ1) is 17.0. The van der Waals surface area contributed by atoms with Crippen molar-refractivity contribution in [2.75, 3.05) is 0 Å². The first-order chi connectivity index (χ1) is 10.8. The quantitative estimate of drug-likeness (QED) is 0.685. The molecule has 0 fully saturated rings.